The molecular formula is C22H26ClN3O3. The summed E-state index contributed by atoms with van der Waals surface area (Å²) in [5, 5.41) is 3.52. The molecule has 0 saturated carbocycles. The van der Waals surface area contributed by atoms with Gasteiger partial charge in [0.1, 0.15) is 0 Å². The molecule has 0 aromatic heterocycles. The number of nitrogens with zero attached hydrogens (tertiary/aromatic N) is 2. The minimum atomic E-state index is -0.442. The largest absolute Gasteiger partial charge is 0.465 e. The Kier molecular flexibility index (Phi) is 6.77. The van der Waals surface area contributed by atoms with E-state index in [9.17, 15) is 9.59 Å². The van der Waals surface area contributed by atoms with E-state index in [-0.39, 0.29) is 5.91 Å². The number of piperazine rings is 1. The molecule has 1 amide bonds. The van der Waals surface area contributed by atoms with Crippen LogP contribution in [0.1, 0.15) is 34.6 Å². The molecule has 0 aliphatic carbocycles. The average Bonchev–Trinajstić information content (AvgIpc) is 2.73. The average molecular weight is 416 g/mol. The lowest BCUT2D eigenvalue weighted by atomic mass is 10.1. The molecule has 6 nitrogen and oxygen atoms in total. The van der Waals surface area contributed by atoms with Crippen molar-refractivity contribution in [3.05, 3.63) is 58.6 Å². The highest BCUT2D eigenvalue weighted by Crippen LogP contribution is 2.29. The number of carbonyl (C=O) groups is 2. The number of ether oxygens (including phenoxy) is 1. The van der Waals surface area contributed by atoms with E-state index in [4.69, 9.17) is 16.3 Å². The molecule has 2 aromatic carbocycles. The van der Waals surface area contributed by atoms with Gasteiger partial charge in [0.25, 0.3) is 5.91 Å². The molecule has 2 aromatic rings. The normalized spacial score (nSPS) is 14.7. The van der Waals surface area contributed by atoms with Gasteiger partial charge in [0.15, 0.2) is 0 Å². The molecule has 1 fully saturated rings. The Morgan fingerprint density at radius 1 is 1.00 bits per heavy atom. The second-order valence-corrected chi connectivity index (χ2v) is 7.74. The van der Waals surface area contributed by atoms with Crippen LogP contribution in [0, 0.1) is 0 Å². The van der Waals surface area contributed by atoms with E-state index in [1.54, 1.807) is 36.4 Å². The zero-order valence-corrected chi connectivity index (χ0v) is 17.7. The number of anilines is 2. The Hall–Kier alpha value is -2.57. The molecule has 0 bridgehead atoms. The van der Waals surface area contributed by atoms with Gasteiger partial charge >= 0.3 is 5.97 Å². The number of hydrogen-bond acceptors (Lipinski definition) is 5. The van der Waals surface area contributed by atoms with Gasteiger partial charge in [-0.15, -0.1) is 0 Å². The SMILES string of the molecule is COC(=O)c1ccc(N2CCN(C(C)C)CC2)c(NC(=O)c2ccc(Cl)cc2)c1. The molecular weight excluding hydrogens is 390 g/mol. The first-order chi connectivity index (χ1) is 13.9. The van der Waals surface area contributed by atoms with Crippen LogP contribution in [0.5, 0.6) is 0 Å². The van der Waals surface area contributed by atoms with Crippen molar-refractivity contribution in [3.63, 3.8) is 0 Å². The van der Waals surface area contributed by atoms with Gasteiger partial charge in [-0.05, 0) is 56.3 Å². The molecule has 0 unspecified atom stereocenters. The standard InChI is InChI=1S/C22H26ClN3O3/c1-15(2)25-10-12-26(13-11-25)20-9-6-17(22(28)29-3)14-19(20)24-21(27)16-4-7-18(23)8-5-16/h4-9,14-15H,10-13H2,1-3H3,(H,24,27). The maximum absolute atomic E-state index is 12.8. The van der Waals surface area contributed by atoms with Crippen molar-refractivity contribution in [2.24, 2.45) is 0 Å². The topological polar surface area (TPSA) is 61.9 Å². The van der Waals surface area contributed by atoms with Crippen molar-refractivity contribution in [3.8, 4) is 0 Å². The number of nitrogens with one attached hydrogen (secondary N) is 1. The maximum Gasteiger partial charge on any atom is 0.337 e. The van der Waals surface area contributed by atoms with Crippen LogP contribution in [0.2, 0.25) is 5.02 Å². The van der Waals surface area contributed by atoms with Gasteiger partial charge in [0.2, 0.25) is 0 Å². The summed E-state index contributed by atoms with van der Waals surface area (Å²) >= 11 is 5.92. The summed E-state index contributed by atoms with van der Waals surface area (Å²) < 4.78 is 4.83. The van der Waals surface area contributed by atoms with E-state index in [0.29, 0.717) is 27.9 Å². The van der Waals surface area contributed by atoms with Crippen molar-refractivity contribution in [1.82, 2.24) is 4.90 Å². The van der Waals surface area contributed by atoms with Gasteiger partial charge in [-0.1, -0.05) is 11.6 Å². The fourth-order valence-electron chi connectivity index (χ4n) is 3.43. The van der Waals surface area contributed by atoms with Gasteiger partial charge in [0, 0.05) is 42.8 Å². The first kappa shape index (κ1) is 21.1. The third kappa shape index (κ3) is 5.08. The second-order valence-electron chi connectivity index (χ2n) is 7.30. The molecule has 1 heterocycles. The number of amides is 1. The molecule has 0 atom stereocenters. The van der Waals surface area contributed by atoms with Crippen LogP contribution in [0.4, 0.5) is 11.4 Å². The zero-order valence-electron chi connectivity index (χ0n) is 16.9. The molecule has 7 heteroatoms. The molecule has 29 heavy (non-hydrogen) atoms. The summed E-state index contributed by atoms with van der Waals surface area (Å²) in [6.45, 7) is 7.97. The van der Waals surface area contributed by atoms with Gasteiger partial charge in [-0.25, -0.2) is 4.79 Å². The fourth-order valence-corrected chi connectivity index (χ4v) is 3.56. The van der Waals surface area contributed by atoms with E-state index in [0.717, 1.165) is 31.9 Å². The van der Waals surface area contributed by atoms with Gasteiger partial charge in [0.05, 0.1) is 24.0 Å². The summed E-state index contributed by atoms with van der Waals surface area (Å²) in [6, 6.07) is 12.5. The molecule has 1 N–H and O–H groups in total. The third-order valence-corrected chi connectivity index (χ3v) is 5.41. The smallest absolute Gasteiger partial charge is 0.337 e. The molecule has 0 radical (unpaired) electrons. The number of rotatable bonds is 5. The first-order valence-electron chi connectivity index (χ1n) is 9.67. The van der Waals surface area contributed by atoms with Gasteiger partial charge < -0.3 is 15.0 Å². The number of carbonyl (C=O) groups excluding carboxylic acids is 2. The molecule has 1 saturated heterocycles. The number of benzene rings is 2. The number of esters is 1. The fraction of sp³-hybridized carbons (Fsp3) is 0.364. The van der Waals surface area contributed by atoms with Crippen LogP contribution in [0.3, 0.4) is 0 Å². The highest BCUT2D eigenvalue weighted by molar-refractivity contribution is 6.30. The van der Waals surface area contributed by atoms with Crippen LogP contribution in [0.25, 0.3) is 0 Å². The lowest BCUT2D eigenvalue weighted by molar-refractivity contribution is 0.0600. The highest BCUT2D eigenvalue weighted by atomic mass is 35.5. The summed E-state index contributed by atoms with van der Waals surface area (Å²) in [6.07, 6.45) is 0. The molecule has 0 spiro atoms. The Balaban J connectivity index is 1.87. The second kappa shape index (κ2) is 9.29. The van der Waals surface area contributed by atoms with E-state index in [2.05, 4.69) is 29.0 Å². The quantitative estimate of drug-likeness (QED) is 0.750. The van der Waals surface area contributed by atoms with Crippen LogP contribution in [-0.2, 0) is 4.74 Å². The number of methoxy groups -OCH3 is 1. The summed E-state index contributed by atoms with van der Waals surface area (Å²) in [4.78, 5) is 29.4. The predicted octanol–water partition coefficient (Wildman–Crippen LogP) is 3.91. The molecule has 1 aliphatic rings. The third-order valence-electron chi connectivity index (χ3n) is 5.16. The van der Waals surface area contributed by atoms with Crippen molar-refractivity contribution in [2.45, 2.75) is 19.9 Å². The number of halogens is 1. The zero-order chi connectivity index (χ0) is 21.0. The van der Waals surface area contributed by atoms with Gasteiger partial charge in [-0.2, -0.15) is 0 Å². The summed E-state index contributed by atoms with van der Waals surface area (Å²) in [5.41, 5.74) is 2.37. The summed E-state index contributed by atoms with van der Waals surface area (Å²) in [5.74, 6) is -0.700. The molecule has 154 valence electrons. The Morgan fingerprint density at radius 3 is 2.21 bits per heavy atom. The van der Waals surface area contributed by atoms with E-state index in [1.807, 2.05) is 6.07 Å². The Morgan fingerprint density at radius 2 is 1.62 bits per heavy atom. The lowest BCUT2D eigenvalue weighted by Crippen LogP contribution is -2.49. The van der Waals surface area contributed by atoms with Crippen LogP contribution in [0.15, 0.2) is 42.5 Å². The molecule has 3 rings (SSSR count). The number of hydrogen-bond donors (Lipinski definition) is 1. The minimum absolute atomic E-state index is 0.259. The van der Waals surface area contributed by atoms with Crippen molar-refractivity contribution >= 4 is 34.9 Å². The highest BCUT2D eigenvalue weighted by Gasteiger charge is 2.22. The van der Waals surface area contributed by atoms with E-state index >= 15 is 0 Å². The maximum atomic E-state index is 12.8. The van der Waals surface area contributed by atoms with Crippen molar-refractivity contribution < 1.29 is 14.3 Å². The van der Waals surface area contributed by atoms with Crippen LogP contribution >= 0.6 is 11.6 Å². The summed E-state index contributed by atoms with van der Waals surface area (Å²) in [7, 11) is 1.34. The Bertz CT molecular complexity index is 875. The van der Waals surface area contributed by atoms with Crippen LogP contribution in [-0.4, -0.2) is 56.1 Å². The van der Waals surface area contributed by atoms with E-state index in [1.165, 1.54) is 7.11 Å². The first-order valence-corrected chi connectivity index (χ1v) is 10.0. The Labute approximate surface area is 176 Å². The van der Waals surface area contributed by atoms with E-state index < -0.39 is 5.97 Å². The minimum Gasteiger partial charge on any atom is -0.465 e. The molecule has 1 aliphatic heterocycles. The monoisotopic (exact) mass is 415 g/mol. The lowest BCUT2D eigenvalue weighted by Gasteiger charge is -2.38. The van der Waals surface area contributed by atoms with Gasteiger partial charge in [-0.3, -0.25) is 9.69 Å². The van der Waals surface area contributed by atoms with Crippen LogP contribution < -0.4 is 10.2 Å². The van der Waals surface area contributed by atoms with Crippen molar-refractivity contribution in [1.29, 1.82) is 0 Å². The van der Waals surface area contributed by atoms with Crippen molar-refractivity contribution in [2.75, 3.05) is 43.5 Å². The predicted molar refractivity (Wildman–Crippen MR) is 116 cm³/mol.